The van der Waals surface area contributed by atoms with E-state index >= 15 is 0 Å². The molecule has 1 aliphatic heterocycles. The Kier molecular flexibility index (Phi) is 5.24. The molecule has 142 valence electrons. The van der Waals surface area contributed by atoms with Gasteiger partial charge in [-0.05, 0) is 68.3 Å². The molecule has 0 saturated carbocycles. The van der Waals surface area contributed by atoms with E-state index in [1.165, 1.54) is 18.5 Å². The van der Waals surface area contributed by atoms with Crippen molar-refractivity contribution in [3.05, 3.63) is 78.0 Å². The zero-order valence-corrected chi connectivity index (χ0v) is 16.0. The van der Waals surface area contributed by atoms with Crippen LogP contribution in [0, 0.1) is 6.92 Å². The van der Waals surface area contributed by atoms with Crippen LogP contribution in [0.15, 0.2) is 66.9 Å². The van der Waals surface area contributed by atoms with E-state index in [1.807, 2.05) is 37.3 Å². The van der Waals surface area contributed by atoms with Gasteiger partial charge in [-0.15, -0.1) is 0 Å². The topological polar surface area (TPSA) is 57.3 Å². The molecule has 0 spiro atoms. The molecule has 5 nitrogen and oxygen atoms in total. The Labute approximate surface area is 165 Å². The summed E-state index contributed by atoms with van der Waals surface area (Å²) in [6, 6.07) is 19.7. The SMILES string of the molecule is Cc1ccc(NC(=O)c2ccc(Nc3ccc(N4CCCC4)cc3)nc2)cc1. The summed E-state index contributed by atoms with van der Waals surface area (Å²) in [5.41, 5.74) is 4.70. The molecule has 2 N–H and O–H groups in total. The van der Waals surface area contributed by atoms with E-state index in [-0.39, 0.29) is 5.91 Å². The lowest BCUT2D eigenvalue weighted by Gasteiger charge is -2.17. The van der Waals surface area contributed by atoms with Crippen molar-refractivity contribution in [2.24, 2.45) is 0 Å². The molecule has 3 aromatic rings. The number of carbonyl (C=O) groups is 1. The fourth-order valence-electron chi connectivity index (χ4n) is 3.32. The molecule has 1 aromatic heterocycles. The van der Waals surface area contributed by atoms with Gasteiger partial charge in [-0.2, -0.15) is 0 Å². The van der Waals surface area contributed by atoms with Crippen LogP contribution >= 0.6 is 0 Å². The second-order valence-electron chi connectivity index (χ2n) is 7.12. The van der Waals surface area contributed by atoms with Gasteiger partial charge >= 0.3 is 0 Å². The maximum atomic E-state index is 12.4. The molecule has 1 amide bonds. The molecule has 0 aliphatic carbocycles. The van der Waals surface area contributed by atoms with Crippen molar-refractivity contribution in [2.45, 2.75) is 19.8 Å². The van der Waals surface area contributed by atoms with E-state index in [0.717, 1.165) is 30.0 Å². The quantitative estimate of drug-likeness (QED) is 0.663. The maximum absolute atomic E-state index is 12.4. The highest BCUT2D eigenvalue weighted by molar-refractivity contribution is 6.04. The largest absolute Gasteiger partial charge is 0.372 e. The number of pyridine rings is 1. The zero-order valence-electron chi connectivity index (χ0n) is 16.0. The minimum absolute atomic E-state index is 0.169. The summed E-state index contributed by atoms with van der Waals surface area (Å²) in [6.07, 6.45) is 4.13. The van der Waals surface area contributed by atoms with Crippen LogP contribution in [-0.4, -0.2) is 24.0 Å². The molecular weight excluding hydrogens is 348 g/mol. The van der Waals surface area contributed by atoms with Crippen molar-refractivity contribution in [3.63, 3.8) is 0 Å². The van der Waals surface area contributed by atoms with E-state index in [0.29, 0.717) is 11.4 Å². The number of hydrogen-bond acceptors (Lipinski definition) is 4. The fourth-order valence-corrected chi connectivity index (χ4v) is 3.32. The van der Waals surface area contributed by atoms with Crippen LogP contribution in [0.1, 0.15) is 28.8 Å². The second-order valence-corrected chi connectivity index (χ2v) is 7.12. The van der Waals surface area contributed by atoms with Crippen LogP contribution < -0.4 is 15.5 Å². The third-order valence-corrected chi connectivity index (χ3v) is 4.95. The zero-order chi connectivity index (χ0) is 19.3. The minimum Gasteiger partial charge on any atom is -0.372 e. The lowest BCUT2D eigenvalue weighted by Crippen LogP contribution is -2.17. The Morgan fingerprint density at radius 2 is 1.57 bits per heavy atom. The predicted molar refractivity (Wildman–Crippen MR) is 115 cm³/mol. The van der Waals surface area contributed by atoms with E-state index in [4.69, 9.17) is 0 Å². The highest BCUT2D eigenvalue weighted by Gasteiger charge is 2.12. The van der Waals surface area contributed by atoms with Crippen molar-refractivity contribution in [3.8, 4) is 0 Å². The molecule has 0 bridgehead atoms. The molecule has 5 heteroatoms. The van der Waals surface area contributed by atoms with E-state index in [9.17, 15) is 4.79 Å². The summed E-state index contributed by atoms with van der Waals surface area (Å²) in [4.78, 5) is 19.1. The summed E-state index contributed by atoms with van der Waals surface area (Å²) in [5, 5.41) is 6.17. The first-order chi connectivity index (χ1) is 13.7. The second kappa shape index (κ2) is 8.13. The highest BCUT2D eigenvalue weighted by Crippen LogP contribution is 2.23. The van der Waals surface area contributed by atoms with Gasteiger partial charge in [0.15, 0.2) is 0 Å². The van der Waals surface area contributed by atoms with Crippen LogP contribution in [0.2, 0.25) is 0 Å². The van der Waals surface area contributed by atoms with Gasteiger partial charge in [0, 0.05) is 36.3 Å². The smallest absolute Gasteiger partial charge is 0.257 e. The molecular formula is C23H24N4O. The lowest BCUT2D eigenvalue weighted by molar-refractivity contribution is 0.102. The molecule has 1 saturated heterocycles. The number of benzene rings is 2. The van der Waals surface area contributed by atoms with Gasteiger partial charge in [0.25, 0.3) is 5.91 Å². The number of aromatic nitrogens is 1. The molecule has 28 heavy (non-hydrogen) atoms. The maximum Gasteiger partial charge on any atom is 0.257 e. The average molecular weight is 372 g/mol. The predicted octanol–water partition coefficient (Wildman–Crippen LogP) is 4.99. The molecule has 1 fully saturated rings. The molecule has 4 rings (SSSR count). The number of aryl methyl sites for hydroxylation is 1. The van der Waals surface area contributed by atoms with Gasteiger partial charge in [-0.25, -0.2) is 4.98 Å². The first-order valence-electron chi connectivity index (χ1n) is 9.63. The Morgan fingerprint density at radius 3 is 2.21 bits per heavy atom. The fraction of sp³-hybridized carbons (Fsp3) is 0.217. The number of amides is 1. The average Bonchev–Trinajstić information content (AvgIpc) is 3.26. The highest BCUT2D eigenvalue weighted by atomic mass is 16.1. The molecule has 0 unspecified atom stereocenters. The van der Waals surface area contributed by atoms with Gasteiger partial charge < -0.3 is 15.5 Å². The molecule has 0 radical (unpaired) electrons. The van der Waals surface area contributed by atoms with Crippen molar-refractivity contribution in [1.29, 1.82) is 0 Å². The third kappa shape index (κ3) is 4.31. The third-order valence-electron chi connectivity index (χ3n) is 4.95. The minimum atomic E-state index is -0.169. The number of carbonyl (C=O) groups excluding carboxylic acids is 1. The standard InChI is InChI=1S/C23H24N4O/c1-17-4-7-20(8-5-17)26-23(28)18-6-13-22(24-16-18)25-19-9-11-21(12-10-19)27-14-2-3-15-27/h4-13,16H,2-3,14-15H2,1H3,(H,24,25)(H,26,28). The van der Waals surface area contributed by atoms with Crippen LogP contribution in [-0.2, 0) is 0 Å². The van der Waals surface area contributed by atoms with Gasteiger partial charge in [0.2, 0.25) is 0 Å². The Hall–Kier alpha value is -3.34. The van der Waals surface area contributed by atoms with Crippen LogP contribution in [0.3, 0.4) is 0 Å². The Morgan fingerprint density at radius 1 is 0.893 bits per heavy atom. The van der Waals surface area contributed by atoms with Crippen molar-refractivity contribution >= 4 is 28.8 Å². The van der Waals surface area contributed by atoms with Gasteiger partial charge in [-0.1, -0.05) is 17.7 Å². The van der Waals surface area contributed by atoms with Gasteiger partial charge in [0.05, 0.1) is 5.56 Å². The first kappa shape index (κ1) is 18.0. The van der Waals surface area contributed by atoms with Crippen LogP contribution in [0.4, 0.5) is 22.9 Å². The lowest BCUT2D eigenvalue weighted by atomic mass is 10.2. The number of anilines is 4. The van der Waals surface area contributed by atoms with Crippen molar-refractivity contribution < 1.29 is 4.79 Å². The summed E-state index contributed by atoms with van der Waals surface area (Å²) in [5.74, 6) is 0.540. The number of rotatable bonds is 5. The Balaban J connectivity index is 1.37. The number of hydrogen-bond donors (Lipinski definition) is 2. The monoisotopic (exact) mass is 372 g/mol. The molecule has 2 heterocycles. The normalized spacial score (nSPS) is 13.4. The van der Waals surface area contributed by atoms with Crippen molar-refractivity contribution in [1.82, 2.24) is 4.98 Å². The summed E-state index contributed by atoms with van der Waals surface area (Å²) >= 11 is 0. The van der Waals surface area contributed by atoms with Crippen LogP contribution in [0.5, 0.6) is 0 Å². The van der Waals surface area contributed by atoms with Gasteiger partial charge in [-0.3, -0.25) is 4.79 Å². The molecule has 0 atom stereocenters. The summed E-state index contributed by atoms with van der Waals surface area (Å²) in [6.45, 7) is 4.29. The number of nitrogens with one attached hydrogen (secondary N) is 2. The van der Waals surface area contributed by atoms with E-state index in [2.05, 4.69) is 44.8 Å². The Bertz CT molecular complexity index is 928. The molecule has 2 aromatic carbocycles. The van der Waals surface area contributed by atoms with Gasteiger partial charge in [0.1, 0.15) is 5.82 Å². The van der Waals surface area contributed by atoms with Crippen LogP contribution in [0.25, 0.3) is 0 Å². The summed E-state index contributed by atoms with van der Waals surface area (Å²) in [7, 11) is 0. The first-order valence-corrected chi connectivity index (χ1v) is 9.63. The van der Waals surface area contributed by atoms with Crippen molar-refractivity contribution in [2.75, 3.05) is 28.6 Å². The number of nitrogens with zero attached hydrogens (tertiary/aromatic N) is 2. The molecule has 1 aliphatic rings. The van der Waals surface area contributed by atoms with E-state index < -0.39 is 0 Å². The summed E-state index contributed by atoms with van der Waals surface area (Å²) < 4.78 is 0. The van der Waals surface area contributed by atoms with E-state index in [1.54, 1.807) is 12.3 Å².